The lowest BCUT2D eigenvalue weighted by atomic mass is 9.75. The van der Waals surface area contributed by atoms with Crippen LogP contribution in [0.25, 0.3) is 0 Å². The number of benzene rings is 3. The first-order valence-electron chi connectivity index (χ1n) is 12.5. The Labute approximate surface area is 228 Å². The van der Waals surface area contributed by atoms with Gasteiger partial charge in [-0.25, -0.2) is 0 Å². The fourth-order valence-electron chi connectivity index (χ4n) is 5.06. The van der Waals surface area contributed by atoms with E-state index in [0.29, 0.717) is 23.8 Å². The van der Waals surface area contributed by atoms with Crippen LogP contribution >= 0.6 is 23.2 Å². The molecule has 4 nitrogen and oxygen atoms in total. The first kappa shape index (κ1) is 27.3. The molecule has 1 fully saturated rings. The minimum absolute atomic E-state index is 0.0284. The topological polar surface area (TPSA) is 55.8 Å². The van der Waals surface area contributed by atoms with Gasteiger partial charge in [-0.1, -0.05) is 71.8 Å². The number of carboxylic acids is 1. The van der Waals surface area contributed by atoms with Crippen LogP contribution in [-0.2, 0) is 22.6 Å². The van der Waals surface area contributed by atoms with Crippen molar-refractivity contribution in [3.63, 3.8) is 0 Å². The number of carboxylic acid groups (broad SMARTS) is 1. The smallest absolute Gasteiger partial charge is 0.303 e. The van der Waals surface area contributed by atoms with Gasteiger partial charge in [0.05, 0.1) is 12.2 Å². The third kappa shape index (κ3) is 6.75. The second-order valence-corrected chi connectivity index (χ2v) is 10.6. The van der Waals surface area contributed by atoms with Crippen LogP contribution in [0.15, 0.2) is 78.9 Å². The van der Waals surface area contributed by atoms with Crippen LogP contribution in [0.4, 0.5) is 0 Å². The Balaban J connectivity index is 1.68. The lowest BCUT2D eigenvalue weighted by Crippen LogP contribution is -2.34. The van der Waals surface area contributed by atoms with Crippen LogP contribution < -0.4 is 4.74 Å². The summed E-state index contributed by atoms with van der Waals surface area (Å²) >= 11 is 12.7. The van der Waals surface area contributed by atoms with E-state index in [1.54, 1.807) is 0 Å². The molecule has 1 aliphatic heterocycles. The number of hydrogen-bond acceptors (Lipinski definition) is 3. The molecule has 4 rings (SSSR count). The maximum Gasteiger partial charge on any atom is 0.303 e. The minimum Gasteiger partial charge on any atom is -0.489 e. The average Bonchev–Trinajstić information content (AvgIpc) is 2.86. The van der Waals surface area contributed by atoms with E-state index in [4.69, 9.17) is 32.7 Å². The van der Waals surface area contributed by atoms with Gasteiger partial charge in [0.25, 0.3) is 0 Å². The van der Waals surface area contributed by atoms with Gasteiger partial charge in [-0.2, -0.15) is 0 Å². The van der Waals surface area contributed by atoms with Gasteiger partial charge < -0.3 is 14.6 Å². The molecule has 0 saturated carbocycles. The molecular formula is C31H32Cl2O4. The highest BCUT2D eigenvalue weighted by atomic mass is 35.5. The Kier molecular flexibility index (Phi) is 8.96. The quantitative estimate of drug-likeness (QED) is 0.278. The molecule has 1 heterocycles. The fraction of sp³-hybridized carbons (Fsp3) is 0.323. The van der Waals surface area contributed by atoms with Gasteiger partial charge in [0.15, 0.2) is 0 Å². The van der Waals surface area contributed by atoms with Crippen molar-refractivity contribution < 1.29 is 19.4 Å². The van der Waals surface area contributed by atoms with Crippen molar-refractivity contribution in [1.29, 1.82) is 0 Å². The normalized spacial score (nSPS) is 21.4. The van der Waals surface area contributed by atoms with E-state index in [1.807, 2.05) is 67.6 Å². The Morgan fingerprint density at radius 1 is 1.05 bits per heavy atom. The van der Waals surface area contributed by atoms with Gasteiger partial charge in [0.2, 0.25) is 0 Å². The van der Waals surface area contributed by atoms with Crippen LogP contribution in [0.3, 0.4) is 0 Å². The second-order valence-electron chi connectivity index (χ2n) is 9.76. The van der Waals surface area contributed by atoms with E-state index in [-0.39, 0.29) is 30.5 Å². The summed E-state index contributed by atoms with van der Waals surface area (Å²) in [7, 11) is 0. The van der Waals surface area contributed by atoms with E-state index in [9.17, 15) is 9.90 Å². The predicted molar refractivity (Wildman–Crippen MR) is 149 cm³/mol. The fourth-order valence-corrected chi connectivity index (χ4v) is 5.55. The van der Waals surface area contributed by atoms with Crippen molar-refractivity contribution in [2.75, 3.05) is 0 Å². The number of aryl methyl sites for hydroxylation is 1. The number of carbonyl (C=O) groups is 1. The number of ether oxygens (including phenoxy) is 2. The van der Waals surface area contributed by atoms with Crippen LogP contribution in [0.1, 0.15) is 61.0 Å². The van der Waals surface area contributed by atoms with Gasteiger partial charge in [-0.3, -0.25) is 4.79 Å². The summed E-state index contributed by atoms with van der Waals surface area (Å²) in [5.41, 5.74) is 4.89. The third-order valence-electron chi connectivity index (χ3n) is 7.03. The highest BCUT2D eigenvalue weighted by Crippen LogP contribution is 2.49. The molecule has 0 aliphatic carbocycles. The zero-order valence-electron chi connectivity index (χ0n) is 21.1. The van der Waals surface area contributed by atoms with Gasteiger partial charge in [-0.15, -0.1) is 0 Å². The van der Waals surface area contributed by atoms with E-state index in [1.165, 1.54) is 0 Å². The monoisotopic (exact) mass is 538 g/mol. The molecule has 3 aromatic rings. The van der Waals surface area contributed by atoms with Crippen LogP contribution in [0.2, 0.25) is 10.0 Å². The molecule has 37 heavy (non-hydrogen) atoms. The van der Waals surface area contributed by atoms with Crippen LogP contribution in [0, 0.1) is 5.92 Å². The summed E-state index contributed by atoms with van der Waals surface area (Å²) in [6.07, 6.45) is 0.939. The van der Waals surface area contributed by atoms with Crippen LogP contribution in [-0.4, -0.2) is 17.2 Å². The molecule has 6 heteroatoms. The number of aliphatic carboxylic acids is 1. The standard InChI is InChI=1S/C31H32Cl2O4/c1-19(2)25-17-26(24-9-4-5-10-28(24)33)20(3)37-31(25)27-16-21(12-14-30(34)35)11-13-29(27)36-18-22-7-6-8-23(32)15-22/h4-11,13,15-16,20,25-26,31H,1,12,14,17-18H2,2-3H3,(H,34,35)/t20-,25+,26+,31-/m0/s1. The Morgan fingerprint density at radius 2 is 1.84 bits per heavy atom. The molecule has 194 valence electrons. The third-order valence-corrected chi connectivity index (χ3v) is 7.61. The van der Waals surface area contributed by atoms with Crippen molar-refractivity contribution in [2.24, 2.45) is 5.92 Å². The van der Waals surface area contributed by atoms with Gasteiger partial charge in [-0.05, 0) is 73.7 Å². The molecule has 1 saturated heterocycles. The zero-order valence-corrected chi connectivity index (χ0v) is 22.6. The molecule has 4 atom stereocenters. The van der Waals surface area contributed by atoms with Crippen molar-refractivity contribution in [2.45, 2.75) is 57.8 Å². The minimum atomic E-state index is -0.826. The molecule has 0 amide bonds. The van der Waals surface area contributed by atoms with Crippen molar-refractivity contribution in [3.05, 3.63) is 111 Å². The lowest BCUT2D eigenvalue weighted by molar-refractivity contribution is -0.136. The van der Waals surface area contributed by atoms with E-state index in [2.05, 4.69) is 19.6 Å². The molecule has 0 spiro atoms. The number of rotatable bonds is 9. The molecular weight excluding hydrogens is 507 g/mol. The average molecular weight is 539 g/mol. The maximum atomic E-state index is 11.2. The molecule has 0 radical (unpaired) electrons. The van der Waals surface area contributed by atoms with Gasteiger partial charge >= 0.3 is 5.97 Å². The maximum absolute atomic E-state index is 11.2. The number of hydrogen-bond donors (Lipinski definition) is 1. The predicted octanol–water partition coefficient (Wildman–Crippen LogP) is 8.42. The SMILES string of the molecule is C=C(C)[C@H]1C[C@@H](c2ccccc2Cl)[C@H](C)O[C@@H]1c1cc(CCC(=O)O)ccc1OCc1cccc(Cl)c1. The van der Waals surface area contributed by atoms with Gasteiger partial charge in [0.1, 0.15) is 12.4 Å². The molecule has 0 bridgehead atoms. The first-order valence-corrected chi connectivity index (χ1v) is 13.3. The summed E-state index contributed by atoms with van der Waals surface area (Å²) in [4.78, 5) is 11.2. The van der Waals surface area contributed by atoms with Crippen molar-refractivity contribution >= 4 is 29.2 Å². The molecule has 0 unspecified atom stereocenters. The van der Waals surface area contributed by atoms with E-state index < -0.39 is 5.97 Å². The van der Waals surface area contributed by atoms with Crippen molar-refractivity contribution in [1.82, 2.24) is 0 Å². The summed E-state index contributed by atoms with van der Waals surface area (Å²) in [6.45, 7) is 8.76. The zero-order chi connectivity index (χ0) is 26.5. The molecule has 0 aromatic heterocycles. The highest BCUT2D eigenvalue weighted by Gasteiger charge is 2.39. The Hall–Kier alpha value is -2.79. The summed E-state index contributed by atoms with van der Waals surface area (Å²) in [5.74, 6) is 0.0323. The Bertz CT molecular complexity index is 1270. The van der Waals surface area contributed by atoms with E-state index >= 15 is 0 Å². The van der Waals surface area contributed by atoms with Gasteiger partial charge in [0, 0.05) is 33.9 Å². The largest absolute Gasteiger partial charge is 0.489 e. The summed E-state index contributed by atoms with van der Waals surface area (Å²) in [6, 6.07) is 21.4. The van der Waals surface area contributed by atoms with E-state index in [0.717, 1.165) is 39.3 Å². The molecule has 3 aromatic carbocycles. The number of halogens is 2. The molecule has 1 N–H and O–H groups in total. The van der Waals surface area contributed by atoms with Crippen LogP contribution in [0.5, 0.6) is 5.75 Å². The first-order chi connectivity index (χ1) is 17.7. The summed E-state index contributed by atoms with van der Waals surface area (Å²) < 4.78 is 13.0. The summed E-state index contributed by atoms with van der Waals surface area (Å²) in [5, 5.41) is 10.6. The van der Waals surface area contributed by atoms with Crippen molar-refractivity contribution in [3.8, 4) is 5.75 Å². The molecule has 1 aliphatic rings. The second kappa shape index (κ2) is 12.2. The lowest BCUT2D eigenvalue weighted by Gasteiger charge is -2.42. The Morgan fingerprint density at radius 3 is 2.54 bits per heavy atom. The highest BCUT2D eigenvalue weighted by molar-refractivity contribution is 6.31.